The van der Waals surface area contributed by atoms with Crippen LogP contribution in [0.25, 0.3) is 22.8 Å². The summed E-state index contributed by atoms with van der Waals surface area (Å²) in [6.45, 7) is 0.318. The summed E-state index contributed by atoms with van der Waals surface area (Å²) in [4.78, 5) is 23.9. The maximum Gasteiger partial charge on any atom is 0.244 e. The number of carbonyl (C=O) groups is 1. The Morgan fingerprint density at radius 1 is 1.20 bits per heavy atom. The van der Waals surface area contributed by atoms with E-state index in [1.165, 1.54) is 6.08 Å². The molecule has 3 heterocycles. The summed E-state index contributed by atoms with van der Waals surface area (Å²) in [7, 11) is 0. The topological polar surface area (TPSA) is 75.1 Å². The molecule has 7 heteroatoms. The second kappa shape index (κ2) is 6.41. The Hall–Kier alpha value is -3.12. The average molecular weight is 352 g/mol. The van der Waals surface area contributed by atoms with Crippen molar-refractivity contribution in [3.05, 3.63) is 71.4 Å². The Bertz CT molecular complexity index is 1060. The molecule has 25 heavy (non-hydrogen) atoms. The monoisotopic (exact) mass is 351 g/mol. The van der Waals surface area contributed by atoms with Crippen molar-refractivity contribution in [2.75, 3.05) is 0 Å². The molecule has 1 aromatic carbocycles. The van der Waals surface area contributed by atoms with E-state index in [4.69, 9.17) is 11.6 Å². The Morgan fingerprint density at radius 2 is 2.04 bits per heavy atom. The van der Waals surface area contributed by atoms with Gasteiger partial charge in [-0.15, -0.1) is 0 Å². The molecule has 2 N–H and O–H groups in total. The lowest BCUT2D eigenvalue weighted by Gasteiger charge is -1.99. The normalized spacial score (nSPS) is 11.6. The van der Waals surface area contributed by atoms with E-state index >= 15 is 0 Å². The number of amides is 1. The highest BCUT2D eigenvalue weighted by Crippen LogP contribution is 2.18. The number of nitrogens with one attached hydrogen (secondary N) is 2. The predicted octanol–water partition coefficient (Wildman–Crippen LogP) is 3.19. The fourth-order valence-electron chi connectivity index (χ4n) is 2.61. The molecule has 0 aliphatic heterocycles. The number of hydrogen-bond acceptors (Lipinski definition) is 3. The van der Waals surface area contributed by atoms with Crippen LogP contribution in [0.5, 0.6) is 0 Å². The number of pyridine rings is 1. The number of hydrogen-bond donors (Lipinski definition) is 2. The van der Waals surface area contributed by atoms with E-state index in [9.17, 15) is 4.79 Å². The van der Waals surface area contributed by atoms with Crippen LogP contribution < -0.4 is 5.32 Å². The number of imidazole rings is 2. The van der Waals surface area contributed by atoms with Crippen LogP contribution >= 0.6 is 11.6 Å². The molecular formula is C18H14ClN5O. The minimum Gasteiger partial charge on any atom is -0.345 e. The first-order valence-electron chi connectivity index (χ1n) is 7.73. The quantitative estimate of drug-likeness (QED) is 0.554. The second-order valence-electron chi connectivity index (χ2n) is 5.47. The van der Waals surface area contributed by atoms with Crippen molar-refractivity contribution in [3.63, 3.8) is 0 Å². The first-order chi connectivity index (χ1) is 12.2. The number of aromatic amines is 1. The van der Waals surface area contributed by atoms with Crippen LogP contribution in [0.2, 0.25) is 5.15 Å². The zero-order chi connectivity index (χ0) is 17.2. The predicted molar refractivity (Wildman–Crippen MR) is 97.2 cm³/mol. The van der Waals surface area contributed by atoms with Gasteiger partial charge in [-0.3, -0.25) is 9.20 Å². The zero-order valence-corrected chi connectivity index (χ0v) is 13.9. The highest BCUT2D eigenvalue weighted by atomic mass is 35.5. The fourth-order valence-corrected chi connectivity index (χ4v) is 2.85. The van der Waals surface area contributed by atoms with E-state index in [-0.39, 0.29) is 5.91 Å². The van der Waals surface area contributed by atoms with E-state index < -0.39 is 0 Å². The van der Waals surface area contributed by atoms with Crippen molar-refractivity contribution in [1.82, 2.24) is 24.7 Å². The average Bonchev–Trinajstić information content (AvgIpc) is 3.18. The van der Waals surface area contributed by atoms with Gasteiger partial charge in [0.25, 0.3) is 0 Å². The molecule has 3 aromatic heterocycles. The van der Waals surface area contributed by atoms with Gasteiger partial charge in [-0.1, -0.05) is 29.8 Å². The van der Waals surface area contributed by atoms with Gasteiger partial charge < -0.3 is 10.3 Å². The van der Waals surface area contributed by atoms with Crippen molar-refractivity contribution >= 4 is 40.3 Å². The van der Waals surface area contributed by atoms with Gasteiger partial charge >= 0.3 is 0 Å². The standard InChI is InChI=1S/C18H14ClN5O/c19-18-14(24-10-4-3-7-16(24)23-18)8-9-17(25)20-11-15-21-12-5-1-2-6-13(12)22-15/h1-10H,11H2,(H,20,25)(H,21,22)/b9-8+. The summed E-state index contributed by atoms with van der Waals surface area (Å²) in [6.07, 6.45) is 4.93. The minimum absolute atomic E-state index is 0.234. The van der Waals surface area contributed by atoms with Crippen LogP contribution in [0.1, 0.15) is 11.5 Å². The van der Waals surface area contributed by atoms with Crippen LogP contribution in [-0.4, -0.2) is 25.3 Å². The molecule has 124 valence electrons. The maximum absolute atomic E-state index is 12.1. The number of rotatable bonds is 4. The highest BCUT2D eigenvalue weighted by Gasteiger charge is 2.07. The zero-order valence-electron chi connectivity index (χ0n) is 13.1. The smallest absolute Gasteiger partial charge is 0.244 e. The first-order valence-corrected chi connectivity index (χ1v) is 8.10. The molecule has 0 atom stereocenters. The number of fused-ring (bicyclic) bond motifs is 2. The van der Waals surface area contributed by atoms with Gasteiger partial charge in [0.05, 0.1) is 23.3 Å². The van der Waals surface area contributed by atoms with Crippen LogP contribution in [0.3, 0.4) is 0 Å². The number of carbonyl (C=O) groups excluding carboxylic acids is 1. The number of H-pyrrole nitrogens is 1. The Balaban J connectivity index is 1.46. The van der Waals surface area contributed by atoms with E-state index in [0.29, 0.717) is 23.2 Å². The van der Waals surface area contributed by atoms with Gasteiger partial charge in [0.2, 0.25) is 5.91 Å². The molecule has 0 saturated heterocycles. The number of nitrogens with zero attached hydrogens (tertiary/aromatic N) is 3. The molecule has 0 aliphatic rings. The van der Waals surface area contributed by atoms with Crippen LogP contribution in [-0.2, 0) is 11.3 Å². The molecule has 0 bridgehead atoms. The number of benzene rings is 1. The van der Waals surface area contributed by atoms with Gasteiger partial charge in [-0.25, -0.2) is 9.97 Å². The van der Waals surface area contributed by atoms with Gasteiger partial charge in [-0.2, -0.15) is 0 Å². The Labute approximate surface area is 148 Å². The van der Waals surface area contributed by atoms with Crippen LogP contribution in [0, 0.1) is 0 Å². The van der Waals surface area contributed by atoms with Crippen LogP contribution in [0.4, 0.5) is 0 Å². The lowest BCUT2D eigenvalue weighted by atomic mass is 10.3. The molecule has 4 aromatic rings. The van der Waals surface area contributed by atoms with E-state index in [0.717, 1.165) is 16.7 Å². The van der Waals surface area contributed by atoms with Gasteiger partial charge in [0, 0.05) is 12.3 Å². The third-order valence-electron chi connectivity index (χ3n) is 3.78. The Morgan fingerprint density at radius 3 is 2.92 bits per heavy atom. The summed E-state index contributed by atoms with van der Waals surface area (Å²) >= 11 is 6.14. The minimum atomic E-state index is -0.234. The van der Waals surface area contributed by atoms with E-state index in [1.54, 1.807) is 6.08 Å². The molecular weight excluding hydrogens is 338 g/mol. The highest BCUT2D eigenvalue weighted by molar-refractivity contribution is 6.31. The summed E-state index contributed by atoms with van der Waals surface area (Å²) in [6, 6.07) is 13.3. The van der Waals surface area contributed by atoms with Crippen molar-refractivity contribution in [1.29, 1.82) is 0 Å². The van der Waals surface area contributed by atoms with Crippen molar-refractivity contribution in [2.45, 2.75) is 6.54 Å². The second-order valence-corrected chi connectivity index (χ2v) is 5.83. The molecule has 0 radical (unpaired) electrons. The number of para-hydroxylation sites is 2. The molecule has 0 fully saturated rings. The van der Waals surface area contributed by atoms with Crippen molar-refractivity contribution in [2.24, 2.45) is 0 Å². The lowest BCUT2D eigenvalue weighted by Crippen LogP contribution is -2.20. The summed E-state index contributed by atoms with van der Waals surface area (Å²) in [5.74, 6) is 0.471. The fraction of sp³-hybridized carbons (Fsp3) is 0.0556. The van der Waals surface area contributed by atoms with E-state index in [2.05, 4.69) is 20.3 Å². The molecule has 1 amide bonds. The maximum atomic E-state index is 12.1. The number of halogens is 1. The Kier molecular flexibility index (Phi) is 3.95. The SMILES string of the molecule is O=C(/C=C/c1c(Cl)nc2ccccn12)NCc1nc2ccccc2[nH]1. The van der Waals surface area contributed by atoms with Crippen LogP contribution in [0.15, 0.2) is 54.7 Å². The first kappa shape index (κ1) is 15.4. The van der Waals surface area contributed by atoms with Gasteiger partial charge in [0.15, 0.2) is 5.15 Å². The summed E-state index contributed by atoms with van der Waals surface area (Å²) in [5.41, 5.74) is 3.21. The molecule has 0 spiro atoms. The number of aromatic nitrogens is 4. The van der Waals surface area contributed by atoms with Crippen molar-refractivity contribution < 1.29 is 4.79 Å². The van der Waals surface area contributed by atoms with Gasteiger partial charge in [-0.05, 0) is 30.3 Å². The third kappa shape index (κ3) is 3.12. The molecule has 0 saturated carbocycles. The van der Waals surface area contributed by atoms with Gasteiger partial charge in [0.1, 0.15) is 11.5 Å². The summed E-state index contributed by atoms with van der Waals surface area (Å²) < 4.78 is 1.82. The van der Waals surface area contributed by atoms with Crippen molar-refractivity contribution in [3.8, 4) is 0 Å². The largest absolute Gasteiger partial charge is 0.345 e. The third-order valence-corrected chi connectivity index (χ3v) is 4.06. The molecule has 4 rings (SSSR count). The van der Waals surface area contributed by atoms with E-state index in [1.807, 2.05) is 53.1 Å². The summed E-state index contributed by atoms with van der Waals surface area (Å²) in [5, 5.41) is 3.15. The molecule has 6 nitrogen and oxygen atoms in total. The molecule has 0 aliphatic carbocycles. The lowest BCUT2D eigenvalue weighted by molar-refractivity contribution is -0.116. The molecule has 0 unspecified atom stereocenters.